The molecular formula is CH3N2ORu. The molecule has 0 aliphatic rings. The van der Waals surface area contributed by atoms with E-state index in [0.717, 1.165) is 0 Å². The summed E-state index contributed by atoms with van der Waals surface area (Å²) in [4.78, 5) is 8.89. The molecule has 0 rings (SSSR count). The molecule has 0 saturated carbocycles. The van der Waals surface area contributed by atoms with Gasteiger partial charge in [-0.05, 0) is 0 Å². The third kappa shape index (κ3) is 1230. The summed E-state index contributed by atoms with van der Waals surface area (Å²) in [5, 5.41) is 0. The zero-order chi connectivity index (χ0) is 3.58. The van der Waals surface area contributed by atoms with Crippen LogP contribution in [0, 0.1) is 0 Å². The summed E-state index contributed by atoms with van der Waals surface area (Å²) in [7, 11) is 0. The maximum Gasteiger partial charge on any atom is 1.00 e. The van der Waals surface area contributed by atoms with Crippen LogP contribution in [0.2, 0.25) is 0 Å². The van der Waals surface area contributed by atoms with Crippen molar-refractivity contribution in [1.82, 2.24) is 0 Å². The van der Waals surface area contributed by atoms with Gasteiger partial charge in [0.25, 0.3) is 0 Å². The molecule has 1 radical (unpaired) electrons. The zero-order valence-electron chi connectivity index (χ0n) is 2.34. The first-order chi connectivity index (χ1) is 1.73. The van der Waals surface area contributed by atoms with Crippen LogP contribution in [0.4, 0.5) is 4.79 Å². The molecule has 0 aliphatic heterocycles. The largest absolute Gasteiger partial charge is 1.00 e. The van der Waals surface area contributed by atoms with E-state index in [1.807, 2.05) is 0 Å². The van der Waals surface area contributed by atoms with Crippen LogP contribution >= 0.6 is 0 Å². The third-order valence-electron chi connectivity index (χ3n) is 0. The first kappa shape index (κ1) is 8.86. The number of amides is 2. The van der Waals surface area contributed by atoms with E-state index in [4.69, 9.17) is 10.5 Å². The topological polar surface area (TPSA) is 66.9 Å². The fraction of sp³-hybridized carbons (Fsp3) is 0. The molecule has 31 valence electrons. The van der Waals surface area contributed by atoms with Crippen molar-refractivity contribution in [3.63, 3.8) is 0 Å². The van der Waals surface area contributed by atoms with Crippen molar-refractivity contribution in [2.75, 3.05) is 0 Å². The molecule has 0 fully saturated rings. The molecular weight excluding hydrogens is 157 g/mol. The van der Waals surface area contributed by atoms with Gasteiger partial charge in [-0.15, -0.1) is 0 Å². The monoisotopic (exact) mass is 161 g/mol. The number of hydrogen-bond acceptors (Lipinski definition) is 1. The molecule has 0 saturated heterocycles. The molecule has 0 unspecified atom stereocenters. The van der Waals surface area contributed by atoms with Crippen LogP contribution in [0.5, 0.6) is 0 Å². The van der Waals surface area contributed by atoms with Gasteiger partial charge in [-0.25, -0.2) is 0 Å². The molecule has 2 amide bonds. The van der Waals surface area contributed by atoms with Gasteiger partial charge in [-0.3, -0.25) is 4.79 Å². The fourth-order valence-electron chi connectivity index (χ4n) is 0. The normalized spacial score (nSPS) is 4.80. The SMILES string of the molecule is [NH-]C(N)=O.[Ru+]. The Labute approximate surface area is 42.5 Å². The summed E-state index contributed by atoms with van der Waals surface area (Å²) >= 11 is 0. The van der Waals surface area contributed by atoms with Crippen LogP contribution in [-0.2, 0) is 19.5 Å². The van der Waals surface area contributed by atoms with Gasteiger partial charge in [0.2, 0.25) is 0 Å². The molecule has 4 heteroatoms. The Bertz CT molecular complexity index is 32.6. The quantitative estimate of drug-likeness (QED) is 0.502. The number of urea groups is 1. The maximum atomic E-state index is 8.89. The minimum absolute atomic E-state index is 0. The maximum absolute atomic E-state index is 8.89. The van der Waals surface area contributed by atoms with E-state index < -0.39 is 6.03 Å². The Hall–Kier alpha value is -0.107. The van der Waals surface area contributed by atoms with E-state index >= 15 is 0 Å². The average molecular weight is 160 g/mol. The number of nitrogens with two attached hydrogens (primary N) is 1. The summed E-state index contributed by atoms with van der Waals surface area (Å²) in [5.74, 6) is 0. The predicted molar refractivity (Wildman–Crippen MR) is 13.9 cm³/mol. The van der Waals surface area contributed by atoms with Crippen molar-refractivity contribution in [2.45, 2.75) is 0 Å². The molecule has 0 aromatic rings. The standard InChI is InChI=1S/CH4N2O.Ru/c2-1(3)4;/h(H4,2,3,4);/q;+1/p-1. The minimum Gasteiger partial charge on any atom is -0.463 e. The average Bonchev–Trinajstić information content (AvgIpc) is 0.811. The number of carbonyl (C=O) groups is 1. The van der Waals surface area contributed by atoms with Gasteiger partial charge in [-0.2, -0.15) is 0 Å². The van der Waals surface area contributed by atoms with Crippen LogP contribution in [0.3, 0.4) is 0 Å². The molecule has 0 aliphatic carbocycles. The summed E-state index contributed by atoms with van der Waals surface area (Å²) in [6.45, 7) is 0. The van der Waals surface area contributed by atoms with Gasteiger partial charge in [0, 0.05) is 0 Å². The third-order valence-corrected chi connectivity index (χ3v) is 0. The number of hydrogen-bond donors (Lipinski definition) is 1. The van der Waals surface area contributed by atoms with Gasteiger partial charge in [-0.1, -0.05) is 0 Å². The molecule has 0 aromatic carbocycles. The Kier molecular flexibility index (Phi) is 6.90. The van der Waals surface area contributed by atoms with E-state index in [1.165, 1.54) is 0 Å². The summed E-state index contributed by atoms with van der Waals surface area (Å²) in [6, 6.07) is -1.08. The van der Waals surface area contributed by atoms with Crippen LogP contribution in [-0.4, -0.2) is 6.03 Å². The van der Waals surface area contributed by atoms with Gasteiger partial charge in [0.05, 0.1) is 0 Å². The van der Waals surface area contributed by atoms with Crippen molar-refractivity contribution in [2.24, 2.45) is 5.73 Å². The number of nitrogens with one attached hydrogen (secondary N) is 1. The number of primary amides is 1. The van der Waals surface area contributed by atoms with Gasteiger partial charge in [0.15, 0.2) is 0 Å². The molecule has 5 heavy (non-hydrogen) atoms. The second-order valence-corrected chi connectivity index (χ2v) is 0.364. The van der Waals surface area contributed by atoms with E-state index in [-0.39, 0.29) is 19.5 Å². The molecule has 0 spiro atoms. The van der Waals surface area contributed by atoms with Crippen LogP contribution in [0.15, 0.2) is 0 Å². The van der Waals surface area contributed by atoms with Gasteiger partial charge in [0.1, 0.15) is 6.03 Å². The Morgan fingerprint density at radius 2 is 1.80 bits per heavy atom. The molecule has 0 bridgehead atoms. The minimum atomic E-state index is -1.08. The van der Waals surface area contributed by atoms with Crippen LogP contribution < -0.4 is 5.73 Å². The van der Waals surface area contributed by atoms with E-state index in [1.54, 1.807) is 0 Å². The Morgan fingerprint density at radius 3 is 1.80 bits per heavy atom. The van der Waals surface area contributed by atoms with E-state index in [9.17, 15) is 0 Å². The van der Waals surface area contributed by atoms with Crippen molar-refractivity contribution in [3.8, 4) is 0 Å². The number of carbonyl (C=O) groups excluding carboxylic acids is 1. The Morgan fingerprint density at radius 1 is 1.80 bits per heavy atom. The fourth-order valence-corrected chi connectivity index (χ4v) is 0. The summed E-state index contributed by atoms with van der Waals surface area (Å²) < 4.78 is 0. The van der Waals surface area contributed by atoms with Gasteiger partial charge < -0.3 is 11.5 Å². The number of rotatable bonds is 0. The molecule has 0 atom stereocenters. The first-order valence-electron chi connectivity index (χ1n) is 0.743. The van der Waals surface area contributed by atoms with E-state index in [0.29, 0.717) is 0 Å². The van der Waals surface area contributed by atoms with Crippen molar-refractivity contribution in [3.05, 3.63) is 5.73 Å². The van der Waals surface area contributed by atoms with Gasteiger partial charge >= 0.3 is 19.5 Å². The van der Waals surface area contributed by atoms with Crippen LogP contribution in [0.25, 0.3) is 5.73 Å². The summed E-state index contributed by atoms with van der Waals surface area (Å²) in [6.07, 6.45) is 0. The molecule has 0 aromatic heterocycles. The second kappa shape index (κ2) is 3.89. The summed E-state index contributed by atoms with van der Waals surface area (Å²) in [5.41, 5.74) is 9.86. The van der Waals surface area contributed by atoms with E-state index in [2.05, 4.69) is 5.73 Å². The smallest absolute Gasteiger partial charge is 0.463 e. The molecule has 3 N–H and O–H groups in total. The predicted octanol–water partition coefficient (Wildman–Crippen LogP) is 0.115. The van der Waals surface area contributed by atoms with Crippen LogP contribution in [0.1, 0.15) is 0 Å². The molecule has 3 nitrogen and oxygen atoms in total. The van der Waals surface area contributed by atoms with Crippen molar-refractivity contribution < 1.29 is 24.3 Å². The van der Waals surface area contributed by atoms with Crippen molar-refractivity contribution in [1.29, 1.82) is 0 Å². The molecule has 0 heterocycles. The Balaban J connectivity index is 0. The van der Waals surface area contributed by atoms with Crippen molar-refractivity contribution >= 4 is 6.03 Å². The first-order valence-corrected chi connectivity index (χ1v) is 0.743. The second-order valence-electron chi connectivity index (χ2n) is 0.364. The zero-order valence-corrected chi connectivity index (χ0v) is 4.08.